The van der Waals surface area contributed by atoms with Crippen molar-refractivity contribution in [2.75, 3.05) is 6.54 Å². The molecule has 0 spiro atoms. The number of aryl methyl sites for hydroxylation is 1. The van der Waals surface area contributed by atoms with E-state index in [9.17, 15) is 0 Å². The number of aromatic nitrogens is 2. The van der Waals surface area contributed by atoms with Crippen LogP contribution in [0.2, 0.25) is 0 Å². The van der Waals surface area contributed by atoms with Crippen LogP contribution in [-0.4, -0.2) is 16.3 Å². The molecule has 2 aromatic rings. The zero-order valence-electron chi connectivity index (χ0n) is 13.3. The second kappa shape index (κ2) is 7.31. The van der Waals surface area contributed by atoms with E-state index in [2.05, 4.69) is 38.1 Å². The molecule has 2 aromatic heterocycles. The van der Waals surface area contributed by atoms with Gasteiger partial charge in [0.15, 0.2) is 5.75 Å². The van der Waals surface area contributed by atoms with E-state index in [-0.39, 0.29) is 0 Å². The Morgan fingerprint density at radius 3 is 2.90 bits per heavy atom. The van der Waals surface area contributed by atoms with Gasteiger partial charge in [0.25, 0.3) is 0 Å². The minimum absolute atomic E-state index is 0.337. The lowest BCUT2D eigenvalue weighted by Crippen LogP contribution is -2.13. The van der Waals surface area contributed by atoms with Gasteiger partial charge in [-0.3, -0.25) is 4.68 Å². The Hall–Kier alpha value is -1.75. The van der Waals surface area contributed by atoms with E-state index in [4.69, 9.17) is 9.15 Å². The molecule has 2 heterocycles. The van der Waals surface area contributed by atoms with E-state index in [0.29, 0.717) is 12.6 Å². The first-order valence-electron chi connectivity index (χ1n) is 7.56. The van der Waals surface area contributed by atoms with Crippen molar-refractivity contribution in [2.45, 2.75) is 53.3 Å². The number of ether oxygens (including phenoxy) is 1. The Balaban J connectivity index is 1.89. The first-order valence-corrected chi connectivity index (χ1v) is 7.56. The van der Waals surface area contributed by atoms with Crippen molar-refractivity contribution >= 4 is 0 Å². The van der Waals surface area contributed by atoms with E-state index in [1.807, 2.05) is 16.9 Å². The minimum Gasteiger partial charge on any atom is -0.482 e. The topological polar surface area (TPSA) is 52.2 Å². The summed E-state index contributed by atoms with van der Waals surface area (Å²) in [6, 6.07) is 2.37. The van der Waals surface area contributed by atoms with E-state index in [1.54, 1.807) is 6.20 Å². The van der Waals surface area contributed by atoms with Crippen molar-refractivity contribution in [1.29, 1.82) is 0 Å². The van der Waals surface area contributed by atoms with Crippen molar-refractivity contribution in [3.8, 4) is 5.75 Å². The summed E-state index contributed by atoms with van der Waals surface area (Å²) >= 11 is 0. The van der Waals surface area contributed by atoms with Crippen LogP contribution in [0.15, 0.2) is 22.9 Å². The second-order valence-electron chi connectivity index (χ2n) is 5.53. The molecule has 0 radical (unpaired) electrons. The van der Waals surface area contributed by atoms with Gasteiger partial charge in [-0.25, -0.2) is 0 Å². The largest absolute Gasteiger partial charge is 0.482 e. The predicted octanol–water partition coefficient (Wildman–Crippen LogP) is 3.44. The summed E-state index contributed by atoms with van der Waals surface area (Å²) < 4.78 is 13.4. The maximum atomic E-state index is 5.82. The molecule has 5 nitrogen and oxygen atoms in total. The van der Waals surface area contributed by atoms with Gasteiger partial charge < -0.3 is 14.5 Å². The Bertz CT molecular complexity index is 558. The van der Waals surface area contributed by atoms with Gasteiger partial charge in [0.05, 0.1) is 18.9 Å². The van der Waals surface area contributed by atoms with E-state index >= 15 is 0 Å². The lowest BCUT2D eigenvalue weighted by molar-refractivity contribution is 0.264. The third kappa shape index (κ3) is 4.36. The van der Waals surface area contributed by atoms with Gasteiger partial charge >= 0.3 is 0 Å². The maximum absolute atomic E-state index is 5.82. The maximum Gasteiger partial charge on any atom is 0.157 e. The summed E-state index contributed by atoms with van der Waals surface area (Å²) in [4.78, 5) is 0. The van der Waals surface area contributed by atoms with Crippen LogP contribution in [0.3, 0.4) is 0 Å². The molecule has 0 amide bonds. The van der Waals surface area contributed by atoms with Crippen molar-refractivity contribution < 1.29 is 9.15 Å². The van der Waals surface area contributed by atoms with Crippen LogP contribution in [0.4, 0.5) is 0 Å². The molecule has 0 atom stereocenters. The predicted molar refractivity (Wildman–Crippen MR) is 82.4 cm³/mol. The molecule has 0 unspecified atom stereocenters. The van der Waals surface area contributed by atoms with Crippen LogP contribution < -0.4 is 10.1 Å². The van der Waals surface area contributed by atoms with Crippen LogP contribution in [-0.2, 0) is 13.2 Å². The van der Waals surface area contributed by atoms with Crippen LogP contribution in [0, 0.1) is 6.92 Å². The van der Waals surface area contributed by atoms with Gasteiger partial charge in [0.2, 0.25) is 0 Å². The van der Waals surface area contributed by atoms with Crippen LogP contribution in [0.5, 0.6) is 5.75 Å². The molecule has 0 saturated carbocycles. The molecule has 5 heteroatoms. The summed E-state index contributed by atoms with van der Waals surface area (Å²) in [5.41, 5.74) is 1.16. The monoisotopic (exact) mass is 291 g/mol. The second-order valence-corrected chi connectivity index (χ2v) is 5.53. The molecular formula is C16H25N3O2. The highest BCUT2D eigenvalue weighted by molar-refractivity contribution is 5.20. The highest BCUT2D eigenvalue weighted by Gasteiger charge is 2.09. The Labute approximate surface area is 126 Å². The summed E-state index contributed by atoms with van der Waals surface area (Å²) in [6.07, 6.45) is 4.76. The van der Waals surface area contributed by atoms with Gasteiger partial charge in [0, 0.05) is 6.04 Å². The number of nitrogens with one attached hydrogen (secondary N) is 1. The number of rotatable bonds is 8. The number of furan rings is 1. The normalized spacial score (nSPS) is 11.3. The third-order valence-electron chi connectivity index (χ3n) is 3.27. The number of hydrogen-bond acceptors (Lipinski definition) is 4. The van der Waals surface area contributed by atoms with E-state index in [0.717, 1.165) is 42.3 Å². The standard InChI is InChI=1S/C16H25N3O2/c1-5-6-17-9-16-13(4)7-14(21-16)11-20-15-8-18-19(10-15)12(2)3/h7-8,10,12,17H,5-6,9,11H2,1-4H3. The van der Waals surface area contributed by atoms with E-state index < -0.39 is 0 Å². The lowest BCUT2D eigenvalue weighted by Gasteiger charge is -2.03. The van der Waals surface area contributed by atoms with Gasteiger partial charge in [0.1, 0.15) is 18.1 Å². The van der Waals surface area contributed by atoms with Crippen LogP contribution >= 0.6 is 0 Å². The first kappa shape index (κ1) is 15.6. The highest BCUT2D eigenvalue weighted by atomic mass is 16.5. The average molecular weight is 291 g/mol. The molecule has 0 bridgehead atoms. The zero-order chi connectivity index (χ0) is 15.2. The minimum atomic E-state index is 0.337. The molecule has 0 aliphatic heterocycles. The van der Waals surface area contributed by atoms with Gasteiger partial charge in [-0.1, -0.05) is 6.92 Å². The fourth-order valence-corrected chi connectivity index (χ4v) is 2.05. The molecule has 0 aromatic carbocycles. The first-order chi connectivity index (χ1) is 10.1. The lowest BCUT2D eigenvalue weighted by atomic mass is 10.2. The van der Waals surface area contributed by atoms with Gasteiger partial charge in [-0.05, 0) is 45.4 Å². The third-order valence-corrected chi connectivity index (χ3v) is 3.27. The van der Waals surface area contributed by atoms with E-state index in [1.165, 1.54) is 0 Å². The summed E-state index contributed by atoms with van der Waals surface area (Å²) in [5.74, 6) is 2.60. The molecule has 2 rings (SSSR count). The number of nitrogens with zero attached hydrogens (tertiary/aromatic N) is 2. The van der Waals surface area contributed by atoms with Gasteiger partial charge in [-0.2, -0.15) is 5.10 Å². The molecule has 0 aliphatic carbocycles. The summed E-state index contributed by atoms with van der Waals surface area (Å²) in [7, 11) is 0. The smallest absolute Gasteiger partial charge is 0.157 e. The molecule has 0 saturated heterocycles. The van der Waals surface area contributed by atoms with Crippen molar-refractivity contribution in [1.82, 2.24) is 15.1 Å². The molecule has 21 heavy (non-hydrogen) atoms. The van der Waals surface area contributed by atoms with Crippen molar-refractivity contribution in [2.24, 2.45) is 0 Å². The fourth-order valence-electron chi connectivity index (χ4n) is 2.05. The summed E-state index contributed by atoms with van der Waals surface area (Å²) in [6.45, 7) is 10.6. The average Bonchev–Trinajstić information content (AvgIpc) is 3.04. The van der Waals surface area contributed by atoms with Crippen molar-refractivity contribution in [3.63, 3.8) is 0 Å². The highest BCUT2D eigenvalue weighted by Crippen LogP contribution is 2.18. The molecule has 0 fully saturated rings. The zero-order valence-corrected chi connectivity index (χ0v) is 13.3. The van der Waals surface area contributed by atoms with Crippen LogP contribution in [0.1, 0.15) is 50.3 Å². The molecule has 116 valence electrons. The Kier molecular flexibility index (Phi) is 5.44. The Morgan fingerprint density at radius 1 is 1.43 bits per heavy atom. The quantitative estimate of drug-likeness (QED) is 0.757. The molecule has 1 N–H and O–H groups in total. The molecule has 0 aliphatic rings. The Morgan fingerprint density at radius 2 is 2.24 bits per heavy atom. The SMILES string of the molecule is CCCNCc1oc(COc2cnn(C(C)C)c2)cc1C. The summed E-state index contributed by atoms with van der Waals surface area (Å²) in [5, 5.41) is 7.60. The molecular weight excluding hydrogens is 266 g/mol. The fraction of sp³-hybridized carbons (Fsp3) is 0.562. The van der Waals surface area contributed by atoms with Crippen LogP contribution in [0.25, 0.3) is 0 Å². The van der Waals surface area contributed by atoms with Crippen molar-refractivity contribution in [3.05, 3.63) is 35.5 Å². The number of hydrogen-bond donors (Lipinski definition) is 1. The van der Waals surface area contributed by atoms with Gasteiger partial charge in [-0.15, -0.1) is 0 Å².